The van der Waals surface area contributed by atoms with Crippen LogP contribution in [-0.2, 0) is 12.8 Å². The van der Waals surface area contributed by atoms with Gasteiger partial charge in [-0.15, -0.1) is 0 Å². The molecular weight excluding hydrogens is 281 g/mol. The third-order valence-electron chi connectivity index (χ3n) is 3.19. The fraction of sp³-hybridized carbons (Fsp3) is 0.333. The first-order valence-electron chi connectivity index (χ1n) is 6.34. The summed E-state index contributed by atoms with van der Waals surface area (Å²) >= 11 is 12.4. The molecule has 0 aliphatic heterocycles. The number of benzene rings is 1. The number of nitrogens with one attached hydrogen (secondary N) is 1. The molecule has 0 saturated carbocycles. The van der Waals surface area contributed by atoms with Gasteiger partial charge in [0.25, 0.3) is 0 Å². The van der Waals surface area contributed by atoms with Crippen LogP contribution >= 0.6 is 23.2 Å². The Morgan fingerprint density at radius 1 is 1.16 bits per heavy atom. The number of likely N-dealkylation sites (N-methyl/N-ethyl adjacent to an activating group) is 1. The maximum Gasteiger partial charge on any atom is 0.121 e. The topological polar surface area (TPSA) is 25.2 Å². The Morgan fingerprint density at radius 2 is 1.84 bits per heavy atom. The van der Waals surface area contributed by atoms with E-state index >= 15 is 0 Å². The molecule has 1 heterocycles. The maximum atomic E-state index is 6.21. The predicted octanol–water partition coefficient (Wildman–Crippen LogP) is 4.65. The number of rotatable bonds is 5. The standard InChI is InChI=1S/C15H17Cl2NO/c1-3-10-7-8-15(19-10)14(18-2)9-11-12(16)5-4-6-13(11)17/h4-8,14,18H,3,9H2,1-2H3. The lowest BCUT2D eigenvalue weighted by atomic mass is 10.0. The normalized spacial score (nSPS) is 12.6. The van der Waals surface area contributed by atoms with Gasteiger partial charge in [0.15, 0.2) is 0 Å². The summed E-state index contributed by atoms with van der Waals surface area (Å²) in [6, 6.07) is 9.64. The molecular formula is C15H17Cl2NO. The van der Waals surface area contributed by atoms with Crippen molar-refractivity contribution >= 4 is 23.2 Å². The summed E-state index contributed by atoms with van der Waals surface area (Å²) in [4.78, 5) is 0. The molecule has 0 spiro atoms. The second-order valence-electron chi connectivity index (χ2n) is 4.40. The lowest BCUT2D eigenvalue weighted by Gasteiger charge is -2.15. The molecule has 0 fully saturated rings. The van der Waals surface area contributed by atoms with Crippen molar-refractivity contribution in [1.29, 1.82) is 0 Å². The number of halogens is 2. The summed E-state index contributed by atoms with van der Waals surface area (Å²) < 4.78 is 5.79. The Balaban J connectivity index is 2.24. The van der Waals surface area contributed by atoms with E-state index in [1.165, 1.54) is 0 Å². The molecule has 0 radical (unpaired) electrons. The van der Waals surface area contributed by atoms with Gasteiger partial charge >= 0.3 is 0 Å². The zero-order valence-electron chi connectivity index (χ0n) is 11.0. The van der Waals surface area contributed by atoms with Crippen molar-refractivity contribution in [3.63, 3.8) is 0 Å². The number of hydrogen-bond acceptors (Lipinski definition) is 2. The average molecular weight is 298 g/mol. The van der Waals surface area contributed by atoms with Crippen LogP contribution in [-0.4, -0.2) is 7.05 Å². The van der Waals surface area contributed by atoms with Gasteiger partial charge in [-0.2, -0.15) is 0 Å². The van der Waals surface area contributed by atoms with Crippen LogP contribution in [0.2, 0.25) is 10.0 Å². The SMILES string of the molecule is CCc1ccc(C(Cc2c(Cl)cccc2Cl)NC)o1. The summed E-state index contributed by atoms with van der Waals surface area (Å²) in [5.41, 5.74) is 0.944. The Hall–Kier alpha value is -0.960. The van der Waals surface area contributed by atoms with Crippen molar-refractivity contribution in [3.05, 3.63) is 57.5 Å². The largest absolute Gasteiger partial charge is 0.464 e. The van der Waals surface area contributed by atoms with E-state index in [0.29, 0.717) is 16.5 Å². The Labute approximate surface area is 123 Å². The van der Waals surface area contributed by atoms with Crippen molar-refractivity contribution < 1.29 is 4.42 Å². The summed E-state index contributed by atoms with van der Waals surface area (Å²) in [7, 11) is 1.91. The van der Waals surface area contributed by atoms with Gasteiger partial charge in [0, 0.05) is 16.5 Å². The first-order chi connectivity index (χ1) is 9.15. The van der Waals surface area contributed by atoms with Gasteiger partial charge in [-0.1, -0.05) is 36.2 Å². The second-order valence-corrected chi connectivity index (χ2v) is 5.22. The highest BCUT2D eigenvalue weighted by Gasteiger charge is 2.17. The Bertz CT molecular complexity index is 531. The van der Waals surface area contributed by atoms with E-state index in [1.807, 2.05) is 37.4 Å². The van der Waals surface area contributed by atoms with E-state index in [9.17, 15) is 0 Å². The molecule has 1 atom stereocenters. The van der Waals surface area contributed by atoms with Gasteiger partial charge in [-0.3, -0.25) is 0 Å². The minimum absolute atomic E-state index is 0.0673. The number of hydrogen-bond donors (Lipinski definition) is 1. The van der Waals surface area contributed by atoms with E-state index in [-0.39, 0.29) is 6.04 Å². The van der Waals surface area contributed by atoms with Gasteiger partial charge in [-0.25, -0.2) is 0 Å². The fourth-order valence-corrected chi connectivity index (χ4v) is 2.60. The molecule has 2 aromatic rings. The number of aryl methyl sites for hydroxylation is 1. The lowest BCUT2D eigenvalue weighted by Crippen LogP contribution is -2.18. The highest BCUT2D eigenvalue weighted by atomic mass is 35.5. The summed E-state index contributed by atoms with van der Waals surface area (Å²) in [6.07, 6.45) is 1.59. The molecule has 1 N–H and O–H groups in total. The molecule has 4 heteroatoms. The third kappa shape index (κ3) is 3.33. The molecule has 19 heavy (non-hydrogen) atoms. The molecule has 0 aliphatic rings. The van der Waals surface area contributed by atoms with Gasteiger partial charge < -0.3 is 9.73 Å². The Kier molecular flexibility index (Phi) is 4.92. The van der Waals surface area contributed by atoms with E-state index in [4.69, 9.17) is 27.6 Å². The molecule has 1 unspecified atom stereocenters. The van der Waals surface area contributed by atoms with E-state index < -0.39 is 0 Å². The third-order valence-corrected chi connectivity index (χ3v) is 3.90. The van der Waals surface area contributed by atoms with Crippen LogP contribution < -0.4 is 5.32 Å². The predicted molar refractivity (Wildman–Crippen MR) is 80.1 cm³/mol. The monoisotopic (exact) mass is 297 g/mol. The highest BCUT2D eigenvalue weighted by Crippen LogP contribution is 2.29. The van der Waals surface area contributed by atoms with E-state index in [2.05, 4.69) is 12.2 Å². The first kappa shape index (κ1) is 14.4. The summed E-state index contributed by atoms with van der Waals surface area (Å²) in [5, 5.41) is 4.63. The van der Waals surface area contributed by atoms with Crippen LogP contribution in [0, 0.1) is 0 Å². The van der Waals surface area contributed by atoms with Gasteiger partial charge in [0.1, 0.15) is 11.5 Å². The van der Waals surface area contributed by atoms with Crippen molar-refractivity contribution in [3.8, 4) is 0 Å². The lowest BCUT2D eigenvalue weighted by molar-refractivity contribution is 0.407. The van der Waals surface area contributed by atoms with Gasteiger partial charge in [0.05, 0.1) is 6.04 Å². The molecule has 2 rings (SSSR count). The van der Waals surface area contributed by atoms with Crippen LogP contribution in [0.4, 0.5) is 0 Å². The zero-order chi connectivity index (χ0) is 13.8. The van der Waals surface area contributed by atoms with E-state index in [0.717, 1.165) is 23.5 Å². The summed E-state index contributed by atoms with van der Waals surface area (Å²) in [5.74, 6) is 1.90. The van der Waals surface area contributed by atoms with E-state index in [1.54, 1.807) is 0 Å². The average Bonchev–Trinajstić information content (AvgIpc) is 2.87. The van der Waals surface area contributed by atoms with Crippen molar-refractivity contribution in [1.82, 2.24) is 5.32 Å². The minimum Gasteiger partial charge on any atom is -0.464 e. The smallest absolute Gasteiger partial charge is 0.121 e. The minimum atomic E-state index is 0.0673. The molecule has 1 aromatic heterocycles. The van der Waals surface area contributed by atoms with Crippen LogP contribution in [0.25, 0.3) is 0 Å². The quantitative estimate of drug-likeness (QED) is 0.869. The molecule has 0 bridgehead atoms. The van der Waals surface area contributed by atoms with Crippen molar-refractivity contribution in [2.24, 2.45) is 0 Å². The fourth-order valence-electron chi connectivity index (χ4n) is 2.05. The molecule has 1 aromatic carbocycles. The van der Waals surface area contributed by atoms with Gasteiger partial charge in [0.2, 0.25) is 0 Å². The molecule has 0 saturated heterocycles. The molecule has 2 nitrogen and oxygen atoms in total. The zero-order valence-corrected chi connectivity index (χ0v) is 12.6. The second kappa shape index (κ2) is 6.47. The van der Waals surface area contributed by atoms with Crippen LogP contribution in [0.15, 0.2) is 34.7 Å². The van der Waals surface area contributed by atoms with Crippen molar-refractivity contribution in [2.45, 2.75) is 25.8 Å². The van der Waals surface area contributed by atoms with Crippen LogP contribution in [0.3, 0.4) is 0 Å². The molecule has 0 amide bonds. The van der Waals surface area contributed by atoms with Crippen LogP contribution in [0.5, 0.6) is 0 Å². The van der Waals surface area contributed by atoms with Crippen molar-refractivity contribution in [2.75, 3.05) is 7.05 Å². The molecule has 102 valence electrons. The highest BCUT2D eigenvalue weighted by molar-refractivity contribution is 6.36. The Morgan fingerprint density at radius 3 is 2.37 bits per heavy atom. The first-order valence-corrected chi connectivity index (χ1v) is 7.10. The van der Waals surface area contributed by atoms with Crippen LogP contribution in [0.1, 0.15) is 30.0 Å². The summed E-state index contributed by atoms with van der Waals surface area (Å²) in [6.45, 7) is 2.07. The molecule has 0 aliphatic carbocycles. The maximum absolute atomic E-state index is 6.21. The van der Waals surface area contributed by atoms with Gasteiger partial charge in [-0.05, 0) is 43.3 Å². The number of furan rings is 1.